The van der Waals surface area contributed by atoms with Gasteiger partial charge in [0.15, 0.2) is 0 Å². The molecule has 7 atom stereocenters. The van der Waals surface area contributed by atoms with Gasteiger partial charge in [0, 0.05) is 23.8 Å². The van der Waals surface area contributed by atoms with Crippen molar-refractivity contribution in [2.75, 3.05) is 0 Å². The van der Waals surface area contributed by atoms with Gasteiger partial charge in [0.1, 0.15) is 5.72 Å². The number of hydrogen-bond donors (Lipinski definition) is 3. The third-order valence-electron chi connectivity index (χ3n) is 7.97. The highest BCUT2D eigenvalue weighted by atomic mass is 16.3. The van der Waals surface area contributed by atoms with E-state index in [9.17, 15) is 15.0 Å². The van der Waals surface area contributed by atoms with E-state index >= 15 is 0 Å². The van der Waals surface area contributed by atoms with E-state index in [4.69, 9.17) is 0 Å². The molecule has 0 radical (unpaired) electrons. The van der Waals surface area contributed by atoms with Crippen LogP contribution < -0.4 is 5.32 Å². The summed E-state index contributed by atoms with van der Waals surface area (Å²) in [5, 5.41) is 25.0. The number of amides is 1. The smallest absolute Gasteiger partial charge is 0.249 e. The predicted molar refractivity (Wildman–Crippen MR) is 115 cm³/mol. The van der Waals surface area contributed by atoms with Gasteiger partial charge in [0.2, 0.25) is 5.91 Å². The molecule has 3 N–H and O–H groups in total. The Bertz CT molecular complexity index is 844. The zero-order chi connectivity index (χ0) is 21.2. The SMILES string of the molecule is CC(C)=C/C=C\[C@H](C)[C@H]1CC[C@]2(C)C[C@H]3[C@@H]4C(=CC=C12)C(=O)N[C@]4(O)C[C@@]3(C)O. The molecule has 1 saturated heterocycles. The highest BCUT2D eigenvalue weighted by Gasteiger charge is 2.65. The van der Waals surface area contributed by atoms with Crippen molar-refractivity contribution in [2.24, 2.45) is 29.1 Å². The van der Waals surface area contributed by atoms with E-state index in [0.29, 0.717) is 17.4 Å². The van der Waals surface area contributed by atoms with Crippen molar-refractivity contribution in [1.29, 1.82) is 0 Å². The van der Waals surface area contributed by atoms with Crippen LogP contribution >= 0.6 is 0 Å². The topological polar surface area (TPSA) is 69.6 Å². The van der Waals surface area contributed by atoms with E-state index < -0.39 is 11.3 Å². The quantitative estimate of drug-likeness (QED) is 0.630. The summed E-state index contributed by atoms with van der Waals surface area (Å²) in [7, 11) is 0. The molecule has 4 heteroatoms. The fourth-order valence-electron chi connectivity index (χ4n) is 6.54. The highest BCUT2D eigenvalue weighted by Crippen LogP contribution is 2.61. The van der Waals surface area contributed by atoms with Crippen LogP contribution in [0.5, 0.6) is 0 Å². The molecule has 0 aromatic heterocycles. The lowest BCUT2D eigenvalue weighted by atomic mass is 9.66. The summed E-state index contributed by atoms with van der Waals surface area (Å²) in [4.78, 5) is 12.6. The Balaban J connectivity index is 1.73. The van der Waals surface area contributed by atoms with E-state index in [1.165, 1.54) is 11.1 Å². The fraction of sp³-hybridized carbons (Fsp3) is 0.640. The van der Waals surface area contributed by atoms with Gasteiger partial charge in [-0.2, -0.15) is 0 Å². The summed E-state index contributed by atoms with van der Waals surface area (Å²) in [6, 6.07) is 0. The van der Waals surface area contributed by atoms with E-state index in [0.717, 1.165) is 19.3 Å². The molecule has 4 aliphatic rings. The van der Waals surface area contributed by atoms with Crippen molar-refractivity contribution in [1.82, 2.24) is 5.32 Å². The molecule has 4 rings (SSSR count). The van der Waals surface area contributed by atoms with Crippen LogP contribution in [-0.4, -0.2) is 27.4 Å². The van der Waals surface area contributed by atoms with Crippen LogP contribution in [0.15, 0.2) is 47.1 Å². The second-order valence-electron chi connectivity index (χ2n) is 10.6. The van der Waals surface area contributed by atoms with Crippen LogP contribution in [-0.2, 0) is 4.79 Å². The molecular formula is C25H35NO3. The van der Waals surface area contributed by atoms with Gasteiger partial charge in [-0.15, -0.1) is 0 Å². The summed E-state index contributed by atoms with van der Waals surface area (Å²) in [6.45, 7) is 10.6. The number of fused-ring (bicyclic) bond motifs is 1. The lowest BCUT2D eigenvalue weighted by Gasteiger charge is -2.39. The predicted octanol–water partition coefficient (Wildman–Crippen LogP) is 4.02. The van der Waals surface area contributed by atoms with E-state index in [-0.39, 0.29) is 29.6 Å². The molecule has 1 aliphatic heterocycles. The Morgan fingerprint density at radius 2 is 2.00 bits per heavy atom. The van der Waals surface area contributed by atoms with Gasteiger partial charge in [0.05, 0.1) is 5.60 Å². The maximum Gasteiger partial charge on any atom is 0.249 e. The maximum absolute atomic E-state index is 12.6. The van der Waals surface area contributed by atoms with E-state index in [1.54, 1.807) is 0 Å². The zero-order valence-electron chi connectivity index (χ0n) is 18.3. The Hall–Kier alpha value is -1.65. The maximum atomic E-state index is 12.6. The average Bonchev–Trinajstić information content (AvgIpc) is 3.07. The number of aliphatic hydroxyl groups is 2. The summed E-state index contributed by atoms with van der Waals surface area (Å²) >= 11 is 0. The number of nitrogens with one attached hydrogen (secondary N) is 1. The number of hydrogen-bond acceptors (Lipinski definition) is 3. The largest absolute Gasteiger partial charge is 0.390 e. The van der Waals surface area contributed by atoms with Crippen LogP contribution in [0.1, 0.15) is 60.3 Å². The summed E-state index contributed by atoms with van der Waals surface area (Å²) < 4.78 is 0. The molecule has 158 valence electrons. The Morgan fingerprint density at radius 1 is 1.28 bits per heavy atom. The first-order chi connectivity index (χ1) is 13.5. The minimum atomic E-state index is -1.32. The number of carbonyl (C=O) groups excluding carboxylic acids is 1. The monoisotopic (exact) mass is 397 g/mol. The van der Waals surface area contributed by atoms with E-state index in [2.05, 4.69) is 57.3 Å². The first kappa shape index (κ1) is 20.6. The van der Waals surface area contributed by atoms with Gasteiger partial charge in [-0.05, 0) is 57.3 Å². The second-order valence-corrected chi connectivity index (χ2v) is 10.6. The Morgan fingerprint density at radius 3 is 2.69 bits per heavy atom. The van der Waals surface area contributed by atoms with Crippen LogP contribution in [0.3, 0.4) is 0 Å². The summed E-state index contributed by atoms with van der Waals surface area (Å²) in [6.07, 6.45) is 13.8. The lowest BCUT2D eigenvalue weighted by Crippen LogP contribution is -2.44. The minimum absolute atomic E-state index is 0.0170. The van der Waals surface area contributed by atoms with Crippen molar-refractivity contribution in [3.05, 3.63) is 47.1 Å². The van der Waals surface area contributed by atoms with Crippen molar-refractivity contribution in [3.63, 3.8) is 0 Å². The molecule has 0 aromatic carbocycles. The van der Waals surface area contributed by atoms with Crippen molar-refractivity contribution >= 4 is 5.91 Å². The van der Waals surface area contributed by atoms with Gasteiger partial charge in [-0.1, -0.05) is 55.4 Å². The first-order valence-electron chi connectivity index (χ1n) is 11.0. The fourth-order valence-corrected chi connectivity index (χ4v) is 6.54. The molecule has 0 spiro atoms. The van der Waals surface area contributed by atoms with Crippen LogP contribution in [0.25, 0.3) is 0 Å². The molecule has 2 saturated carbocycles. The Kier molecular flexibility index (Phi) is 4.75. The molecule has 0 unspecified atom stereocenters. The third-order valence-corrected chi connectivity index (χ3v) is 7.97. The molecule has 4 nitrogen and oxygen atoms in total. The van der Waals surface area contributed by atoms with Gasteiger partial charge < -0.3 is 15.5 Å². The Labute approximate surface area is 174 Å². The van der Waals surface area contributed by atoms with Gasteiger partial charge in [-0.3, -0.25) is 4.79 Å². The normalized spacial score (nSPS) is 44.4. The van der Waals surface area contributed by atoms with Gasteiger partial charge >= 0.3 is 0 Å². The number of allylic oxidation sites excluding steroid dienone is 7. The molecule has 3 fully saturated rings. The van der Waals surface area contributed by atoms with Crippen LogP contribution in [0, 0.1) is 29.1 Å². The van der Waals surface area contributed by atoms with Gasteiger partial charge in [0.25, 0.3) is 0 Å². The lowest BCUT2D eigenvalue weighted by molar-refractivity contribution is -0.121. The molecular weight excluding hydrogens is 362 g/mol. The molecule has 0 bridgehead atoms. The second kappa shape index (κ2) is 6.68. The number of rotatable bonds is 3. The van der Waals surface area contributed by atoms with Gasteiger partial charge in [-0.25, -0.2) is 0 Å². The van der Waals surface area contributed by atoms with Crippen molar-refractivity contribution in [3.8, 4) is 0 Å². The molecule has 1 amide bonds. The van der Waals surface area contributed by atoms with Crippen molar-refractivity contribution < 1.29 is 15.0 Å². The standard InChI is InChI=1S/C25H35NO3/c1-15(2)7-6-8-16(3)17-11-12-23(4)13-20-21-18(9-10-19(17)23)22(27)26-25(21,29)14-24(20,5)28/h6-10,16-17,20-21,28-29H,11-14H2,1-5H3,(H,26,27)/b8-6-,18-9?,19-10?/t16-,17+,20-,21-,23+,24+,25-/m0/s1. The zero-order valence-corrected chi connectivity index (χ0v) is 18.3. The minimum Gasteiger partial charge on any atom is -0.390 e. The van der Waals surface area contributed by atoms with Crippen LogP contribution in [0.4, 0.5) is 0 Å². The third kappa shape index (κ3) is 3.25. The summed E-state index contributed by atoms with van der Waals surface area (Å²) in [5.74, 6) is 0.176. The number of carbonyl (C=O) groups is 1. The van der Waals surface area contributed by atoms with E-state index in [1.807, 2.05) is 13.0 Å². The first-order valence-corrected chi connectivity index (χ1v) is 11.0. The summed E-state index contributed by atoms with van der Waals surface area (Å²) in [5.41, 5.74) is 0.972. The highest BCUT2D eigenvalue weighted by molar-refractivity contribution is 5.98. The molecule has 1 heterocycles. The molecule has 3 aliphatic carbocycles. The van der Waals surface area contributed by atoms with Crippen LogP contribution in [0.2, 0.25) is 0 Å². The molecule has 0 aromatic rings. The molecule has 29 heavy (non-hydrogen) atoms. The average molecular weight is 398 g/mol. The van der Waals surface area contributed by atoms with Crippen molar-refractivity contribution in [2.45, 2.75) is 71.6 Å².